The molecular formula is C42H52N2O4. The summed E-state index contributed by atoms with van der Waals surface area (Å²) in [4.78, 5) is 0. The molecule has 6 nitrogen and oxygen atoms in total. The largest absolute Gasteiger partial charge is 0.506 e. The molecule has 0 spiro atoms. The lowest BCUT2D eigenvalue weighted by Crippen LogP contribution is -2.56. The Morgan fingerprint density at radius 3 is 1.27 bits per heavy atom. The molecule has 6 heteroatoms. The number of hydrogen-bond acceptors (Lipinski definition) is 6. The van der Waals surface area contributed by atoms with E-state index >= 15 is 0 Å². The number of aromatic hydroxyl groups is 2. The Morgan fingerprint density at radius 2 is 0.917 bits per heavy atom. The third-order valence-electron chi connectivity index (χ3n) is 13.9. The first kappa shape index (κ1) is 30.5. The van der Waals surface area contributed by atoms with Crippen LogP contribution in [-0.2, 0) is 10.8 Å². The quantitative estimate of drug-likeness (QED) is 0.156. The molecule has 0 radical (unpaired) electrons. The Kier molecular flexibility index (Phi) is 6.09. The third-order valence-corrected chi connectivity index (χ3v) is 13.9. The molecule has 254 valence electrons. The molecule has 11 rings (SSSR count). The molecule has 0 saturated heterocycles. The fourth-order valence-corrected chi connectivity index (χ4v) is 14.5. The van der Waals surface area contributed by atoms with Crippen LogP contribution in [0.5, 0.6) is 34.5 Å². The van der Waals surface area contributed by atoms with Crippen molar-refractivity contribution in [2.75, 3.05) is 11.5 Å². The van der Waals surface area contributed by atoms with Crippen molar-refractivity contribution in [3.63, 3.8) is 0 Å². The molecule has 8 aliphatic carbocycles. The van der Waals surface area contributed by atoms with Crippen molar-refractivity contribution in [3.8, 4) is 34.5 Å². The summed E-state index contributed by atoms with van der Waals surface area (Å²) >= 11 is 0. The third kappa shape index (κ3) is 4.71. The van der Waals surface area contributed by atoms with Gasteiger partial charge in [-0.05, 0) is 135 Å². The number of phenolic OH excluding ortho intramolecular Hbond substituents is 2. The molecule has 0 aromatic heterocycles. The average molecular weight is 649 g/mol. The highest BCUT2D eigenvalue weighted by molar-refractivity contribution is 5.63. The van der Waals surface area contributed by atoms with Gasteiger partial charge in [-0.2, -0.15) is 0 Å². The van der Waals surface area contributed by atoms with E-state index in [9.17, 15) is 10.2 Å². The van der Waals surface area contributed by atoms with Gasteiger partial charge in [0.25, 0.3) is 0 Å². The maximum absolute atomic E-state index is 10.8. The smallest absolute Gasteiger partial charge is 0.142 e. The molecule has 8 bridgehead atoms. The van der Waals surface area contributed by atoms with Crippen LogP contribution >= 0.6 is 0 Å². The zero-order chi connectivity index (χ0) is 33.5. The summed E-state index contributed by atoms with van der Waals surface area (Å²) in [7, 11) is 0. The minimum atomic E-state index is -0.0181. The fourth-order valence-electron chi connectivity index (χ4n) is 14.5. The van der Waals surface area contributed by atoms with Crippen LogP contribution in [0.3, 0.4) is 0 Å². The number of rotatable bonds is 6. The van der Waals surface area contributed by atoms with E-state index in [-0.39, 0.29) is 22.3 Å². The minimum Gasteiger partial charge on any atom is -0.506 e. The highest BCUT2D eigenvalue weighted by atomic mass is 16.5. The summed E-state index contributed by atoms with van der Waals surface area (Å²) in [6, 6.07) is 15.1. The van der Waals surface area contributed by atoms with Crippen LogP contribution in [0.15, 0.2) is 48.5 Å². The lowest BCUT2D eigenvalue weighted by Gasteiger charge is -2.65. The minimum absolute atomic E-state index is 0.0181. The summed E-state index contributed by atoms with van der Waals surface area (Å²) in [6.45, 7) is 9.90. The van der Waals surface area contributed by atoms with E-state index in [1.54, 1.807) is 12.1 Å². The van der Waals surface area contributed by atoms with Gasteiger partial charge in [-0.3, -0.25) is 0 Å². The Hall–Kier alpha value is -3.54. The molecule has 0 amide bonds. The summed E-state index contributed by atoms with van der Waals surface area (Å²) < 4.78 is 13.4. The van der Waals surface area contributed by atoms with Crippen molar-refractivity contribution in [1.82, 2.24) is 0 Å². The Morgan fingerprint density at radius 1 is 0.542 bits per heavy atom. The first-order valence-corrected chi connectivity index (χ1v) is 18.3. The van der Waals surface area contributed by atoms with Gasteiger partial charge in [-0.1, -0.05) is 33.8 Å². The predicted octanol–water partition coefficient (Wildman–Crippen LogP) is 10.3. The maximum atomic E-state index is 10.8. The van der Waals surface area contributed by atoms with Crippen molar-refractivity contribution in [2.45, 2.75) is 116 Å². The van der Waals surface area contributed by atoms with Crippen molar-refractivity contribution >= 4 is 11.4 Å². The van der Waals surface area contributed by atoms with Gasteiger partial charge >= 0.3 is 0 Å². The highest BCUT2D eigenvalue weighted by Gasteiger charge is 2.62. The van der Waals surface area contributed by atoms with E-state index in [1.165, 1.54) is 38.5 Å². The second-order valence-electron chi connectivity index (χ2n) is 19.3. The number of anilines is 2. The zero-order valence-corrected chi connectivity index (χ0v) is 29.1. The molecule has 8 fully saturated rings. The van der Waals surface area contributed by atoms with Crippen LogP contribution in [-0.4, -0.2) is 10.2 Å². The van der Waals surface area contributed by atoms with Crippen LogP contribution in [0.1, 0.15) is 116 Å². The first-order chi connectivity index (χ1) is 22.6. The van der Waals surface area contributed by atoms with E-state index < -0.39 is 0 Å². The average Bonchev–Trinajstić information content (AvgIpc) is 2.93. The van der Waals surface area contributed by atoms with Gasteiger partial charge in [0.15, 0.2) is 0 Å². The highest BCUT2D eigenvalue weighted by Crippen LogP contribution is 2.72. The topological polar surface area (TPSA) is 111 Å². The number of benzene rings is 3. The molecule has 3 aromatic carbocycles. The van der Waals surface area contributed by atoms with Gasteiger partial charge in [-0.15, -0.1) is 0 Å². The Labute approximate surface area is 285 Å². The van der Waals surface area contributed by atoms with Gasteiger partial charge in [0.05, 0.1) is 11.4 Å². The molecule has 6 N–H and O–H groups in total. The standard InChI is InChI=1S/C42H52N2O4/c1-37-13-25-14-38(2,19-37)22-41(17-25,21-37)29-9-31(43)33(45)11-35(29)47-27-6-5-7-28(8-27)48-36-12-34(46)32(44)10-30(36)42-18-26-15-39(3,23-42)20-40(4,16-26)24-42/h5-12,25-26,45-46H,13-24,43-44H2,1-4H3. The lowest BCUT2D eigenvalue weighted by molar-refractivity contribution is -0.110. The molecule has 8 aliphatic rings. The molecule has 48 heavy (non-hydrogen) atoms. The molecule has 4 unspecified atom stereocenters. The maximum Gasteiger partial charge on any atom is 0.142 e. The van der Waals surface area contributed by atoms with E-state index in [2.05, 4.69) is 27.7 Å². The van der Waals surface area contributed by atoms with Crippen LogP contribution in [0.2, 0.25) is 0 Å². The molecular weight excluding hydrogens is 596 g/mol. The van der Waals surface area contributed by atoms with Gasteiger partial charge in [-0.25, -0.2) is 0 Å². The van der Waals surface area contributed by atoms with E-state index in [4.69, 9.17) is 20.9 Å². The van der Waals surface area contributed by atoms with Crippen LogP contribution < -0.4 is 20.9 Å². The van der Waals surface area contributed by atoms with Crippen LogP contribution in [0.4, 0.5) is 11.4 Å². The number of phenols is 2. The zero-order valence-electron chi connectivity index (χ0n) is 29.1. The van der Waals surface area contributed by atoms with E-state index in [0.717, 1.165) is 49.7 Å². The normalized spacial score (nSPS) is 40.3. The van der Waals surface area contributed by atoms with Crippen LogP contribution in [0.25, 0.3) is 0 Å². The van der Waals surface area contributed by atoms with Crippen molar-refractivity contribution in [1.29, 1.82) is 0 Å². The second-order valence-corrected chi connectivity index (χ2v) is 19.3. The Bertz CT molecular complexity index is 1680. The summed E-state index contributed by atoms with van der Waals surface area (Å²) in [6.07, 6.45) is 14.6. The first-order valence-electron chi connectivity index (χ1n) is 18.3. The van der Waals surface area contributed by atoms with Gasteiger partial charge < -0.3 is 31.2 Å². The fraction of sp³-hybridized carbons (Fsp3) is 0.571. The van der Waals surface area contributed by atoms with Gasteiger partial charge in [0.1, 0.15) is 34.5 Å². The molecule has 3 aromatic rings. The van der Waals surface area contributed by atoms with Gasteiger partial charge in [0, 0.05) is 40.2 Å². The predicted molar refractivity (Wildman–Crippen MR) is 190 cm³/mol. The molecule has 4 atom stereocenters. The summed E-state index contributed by atoms with van der Waals surface area (Å²) in [5.74, 6) is 4.13. The number of ether oxygens (including phenoxy) is 2. The van der Waals surface area contributed by atoms with Crippen molar-refractivity contribution in [3.05, 3.63) is 59.7 Å². The SMILES string of the molecule is CC12CC3CC(C)(C1)CC(c1cc(N)c(O)cc1Oc1cccc(Oc4cc(O)c(N)cc4C45CC6CC(C)(CC(C)(C6)C4)C5)c1)(C3)C2. The Balaban J connectivity index is 1.06. The second kappa shape index (κ2) is 9.57. The molecule has 8 saturated carbocycles. The van der Waals surface area contributed by atoms with Crippen LogP contribution in [0, 0.1) is 33.5 Å². The van der Waals surface area contributed by atoms with Crippen molar-refractivity contribution < 1.29 is 19.7 Å². The number of nitrogen functional groups attached to an aromatic ring is 2. The number of hydrogen-bond donors (Lipinski definition) is 4. The summed E-state index contributed by atoms with van der Waals surface area (Å²) in [5, 5.41) is 21.6. The van der Waals surface area contributed by atoms with E-state index in [1.807, 2.05) is 36.4 Å². The molecule has 0 heterocycles. The summed E-state index contributed by atoms with van der Waals surface area (Å²) in [5.41, 5.74) is 17.1. The molecule has 0 aliphatic heterocycles. The monoisotopic (exact) mass is 648 g/mol. The lowest BCUT2D eigenvalue weighted by atomic mass is 9.39. The van der Waals surface area contributed by atoms with E-state index in [0.29, 0.717) is 67.9 Å². The van der Waals surface area contributed by atoms with Gasteiger partial charge in [0.2, 0.25) is 0 Å². The number of nitrogens with two attached hydrogens (primary N) is 2. The van der Waals surface area contributed by atoms with Crippen molar-refractivity contribution in [2.24, 2.45) is 33.5 Å².